The molecule has 20 heavy (non-hydrogen) atoms. The molecule has 0 aliphatic rings. The van der Waals surface area contributed by atoms with Crippen LogP contribution in [-0.4, -0.2) is 12.5 Å². The molecule has 1 N–H and O–H groups in total. The molecular weight excluding hydrogens is 250 g/mol. The second-order valence-electron chi connectivity index (χ2n) is 4.51. The van der Waals surface area contributed by atoms with Crippen LogP contribution in [0, 0.1) is 0 Å². The molecule has 0 aliphatic heterocycles. The molecule has 3 nitrogen and oxygen atoms in total. The fourth-order valence-corrected chi connectivity index (χ4v) is 1.82. The van der Waals surface area contributed by atoms with E-state index >= 15 is 0 Å². The van der Waals surface area contributed by atoms with Crippen molar-refractivity contribution < 1.29 is 9.53 Å². The second-order valence-corrected chi connectivity index (χ2v) is 4.51. The number of benzene rings is 2. The second kappa shape index (κ2) is 7.34. The minimum atomic E-state index is 0.0164. The zero-order valence-electron chi connectivity index (χ0n) is 11.6. The summed E-state index contributed by atoms with van der Waals surface area (Å²) in [7, 11) is 0. The van der Waals surface area contributed by atoms with Crippen LogP contribution in [0.5, 0.6) is 5.75 Å². The standard InChI is InChI=1S/C17H19NO2/c1-2-17(19)18-15-8-10-16(11-9-15)20-13-12-14-6-4-3-5-7-14/h3-11H,2,12-13H2,1H3,(H,18,19). The number of amides is 1. The summed E-state index contributed by atoms with van der Waals surface area (Å²) in [6.45, 7) is 2.47. The Kier molecular flexibility index (Phi) is 5.18. The molecule has 0 saturated carbocycles. The van der Waals surface area contributed by atoms with Gasteiger partial charge in [-0.15, -0.1) is 0 Å². The Labute approximate surface area is 119 Å². The van der Waals surface area contributed by atoms with E-state index in [0.29, 0.717) is 13.0 Å². The molecule has 0 bridgehead atoms. The van der Waals surface area contributed by atoms with Crippen molar-refractivity contribution >= 4 is 11.6 Å². The highest BCUT2D eigenvalue weighted by Gasteiger charge is 1.99. The van der Waals surface area contributed by atoms with Gasteiger partial charge in [-0.2, -0.15) is 0 Å². The van der Waals surface area contributed by atoms with E-state index in [0.717, 1.165) is 17.9 Å². The predicted octanol–water partition coefficient (Wildman–Crippen LogP) is 3.66. The molecule has 104 valence electrons. The number of carbonyl (C=O) groups is 1. The third kappa shape index (κ3) is 4.43. The van der Waals surface area contributed by atoms with E-state index in [1.165, 1.54) is 5.56 Å². The van der Waals surface area contributed by atoms with Crippen molar-refractivity contribution in [3.05, 3.63) is 60.2 Å². The van der Waals surface area contributed by atoms with Gasteiger partial charge in [-0.1, -0.05) is 37.3 Å². The smallest absolute Gasteiger partial charge is 0.224 e. The summed E-state index contributed by atoms with van der Waals surface area (Å²) in [6, 6.07) is 17.7. The van der Waals surface area contributed by atoms with E-state index in [-0.39, 0.29) is 5.91 Å². The Morgan fingerprint density at radius 2 is 1.75 bits per heavy atom. The first-order valence-electron chi connectivity index (χ1n) is 6.84. The van der Waals surface area contributed by atoms with Crippen LogP contribution in [-0.2, 0) is 11.2 Å². The highest BCUT2D eigenvalue weighted by atomic mass is 16.5. The van der Waals surface area contributed by atoms with Crippen molar-refractivity contribution in [3.63, 3.8) is 0 Å². The van der Waals surface area contributed by atoms with Crippen LogP contribution in [0.4, 0.5) is 5.69 Å². The van der Waals surface area contributed by atoms with E-state index in [1.54, 1.807) is 0 Å². The topological polar surface area (TPSA) is 38.3 Å². The number of rotatable bonds is 6. The van der Waals surface area contributed by atoms with Crippen molar-refractivity contribution in [2.24, 2.45) is 0 Å². The summed E-state index contributed by atoms with van der Waals surface area (Å²) in [6.07, 6.45) is 1.37. The number of anilines is 1. The third-order valence-electron chi connectivity index (χ3n) is 2.96. The molecule has 2 rings (SSSR count). The van der Waals surface area contributed by atoms with Crippen molar-refractivity contribution in [1.82, 2.24) is 0 Å². The van der Waals surface area contributed by atoms with Crippen LogP contribution in [0.2, 0.25) is 0 Å². The molecule has 0 spiro atoms. The summed E-state index contributed by atoms with van der Waals surface area (Å²) in [5, 5.41) is 2.81. The van der Waals surface area contributed by atoms with E-state index < -0.39 is 0 Å². The quantitative estimate of drug-likeness (QED) is 0.869. The fourth-order valence-electron chi connectivity index (χ4n) is 1.82. The first-order chi connectivity index (χ1) is 9.78. The maximum Gasteiger partial charge on any atom is 0.224 e. The fraction of sp³-hybridized carbons (Fsp3) is 0.235. The molecule has 2 aromatic carbocycles. The first-order valence-corrected chi connectivity index (χ1v) is 6.84. The highest BCUT2D eigenvalue weighted by Crippen LogP contribution is 2.16. The van der Waals surface area contributed by atoms with Crippen LogP contribution < -0.4 is 10.1 Å². The summed E-state index contributed by atoms with van der Waals surface area (Å²) in [5.41, 5.74) is 2.06. The number of hydrogen-bond donors (Lipinski definition) is 1. The molecule has 0 aliphatic carbocycles. The third-order valence-corrected chi connectivity index (χ3v) is 2.96. The lowest BCUT2D eigenvalue weighted by molar-refractivity contribution is -0.115. The van der Waals surface area contributed by atoms with Crippen molar-refractivity contribution in [2.45, 2.75) is 19.8 Å². The minimum Gasteiger partial charge on any atom is -0.493 e. The summed E-state index contributed by atoms with van der Waals surface area (Å²) >= 11 is 0. The van der Waals surface area contributed by atoms with Crippen molar-refractivity contribution in [3.8, 4) is 5.75 Å². The number of hydrogen-bond acceptors (Lipinski definition) is 2. The minimum absolute atomic E-state index is 0.0164. The van der Waals surface area contributed by atoms with Crippen LogP contribution in [0.25, 0.3) is 0 Å². The molecule has 0 saturated heterocycles. The molecule has 2 aromatic rings. The maximum atomic E-state index is 11.3. The van der Waals surface area contributed by atoms with Gasteiger partial charge in [0.05, 0.1) is 6.61 Å². The molecule has 1 amide bonds. The molecule has 0 unspecified atom stereocenters. The van der Waals surface area contributed by atoms with E-state index in [9.17, 15) is 4.79 Å². The normalized spacial score (nSPS) is 10.1. The average Bonchev–Trinajstić information content (AvgIpc) is 2.50. The monoisotopic (exact) mass is 269 g/mol. The largest absolute Gasteiger partial charge is 0.493 e. The highest BCUT2D eigenvalue weighted by molar-refractivity contribution is 5.90. The number of ether oxygens (including phenoxy) is 1. The summed E-state index contributed by atoms with van der Waals surface area (Å²) in [4.78, 5) is 11.3. The molecule has 0 radical (unpaired) electrons. The van der Waals surface area contributed by atoms with Gasteiger partial charge in [-0.05, 0) is 29.8 Å². The van der Waals surface area contributed by atoms with Gasteiger partial charge < -0.3 is 10.1 Å². The Bertz CT molecular complexity index is 535. The lowest BCUT2D eigenvalue weighted by Gasteiger charge is -2.08. The molecule has 0 heterocycles. The lowest BCUT2D eigenvalue weighted by atomic mass is 10.2. The Morgan fingerprint density at radius 3 is 2.40 bits per heavy atom. The average molecular weight is 269 g/mol. The van der Waals surface area contributed by atoms with Gasteiger partial charge in [0.1, 0.15) is 5.75 Å². The summed E-state index contributed by atoms with van der Waals surface area (Å²) < 4.78 is 5.68. The van der Waals surface area contributed by atoms with Crippen LogP contribution >= 0.6 is 0 Å². The van der Waals surface area contributed by atoms with Gasteiger partial charge in [0.25, 0.3) is 0 Å². The lowest BCUT2D eigenvalue weighted by Crippen LogP contribution is -2.09. The first kappa shape index (κ1) is 14.1. The molecule has 0 atom stereocenters. The van der Waals surface area contributed by atoms with E-state index in [1.807, 2.05) is 49.4 Å². The van der Waals surface area contributed by atoms with Gasteiger partial charge in [-0.25, -0.2) is 0 Å². The number of nitrogens with one attached hydrogen (secondary N) is 1. The van der Waals surface area contributed by atoms with Gasteiger partial charge in [0.15, 0.2) is 0 Å². The van der Waals surface area contributed by atoms with Crippen molar-refractivity contribution in [1.29, 1.82) is 0 Å². The molecule has 0 fully saturated rings. The van der Waals surface area contributed by atoms with E-state index in [2.05, 4.69) is 17.4 Å². The zero-order chi connectivity index (χ0) is 14.2. The van der Waals surface area contributed by atoms with Gasteiger partial charge in [0, 0.05) is 18.5 Å². The van der Waals surface area contributed by atoms with Crippen LogP contribution in [0.15, 0.2) is 54.6 Å². The molecule has 3 heteroatoms. The van der Waals surface area contributed by atoms with Gasteiger partial charge >= 0.3 is 0 Å². The number of carbonyl (C=O) groups excluding carboxylic acids is 1. The molecule has 0 aromatic heterocycles. The van der Waals surface area contributed by atoms with Crippen LogP contribution in [0.3, 0.4) is 0 Å². The Morgan fingerprint density at radius 1 is 1.05 bits per heavy atom. The van der Waals surface area contributed by atoms with Gasteiger partial charge in [-0.3, -0.25) is 4.79 Å². The van der Waals surface area contributed by atoms with Gasteiger partial charge in [0.2, 0.25) is 5.91 Å². The Balaban J connectivity index is 1.80. The predicted molar refractivity (Wildman–Crippen MR) is 81.0 cm³/mol. The van der Waals surface area contributed by atoms with E-state index in [4.69, 9.17) is 4.74 Å². The van der Waals surface area contributed by atoms with Crippen LogP contribution in [0.1, 0.15) is 18.9 Å². The SMILES string of the molecule is CCC(=O)Nc1ccc(OCCc2ccccc2)cc1. The maximum absolute atomic E-state index is 11.3. The summed E-state index contributed by atoms with van der Waals surface area (Å²) in [5.74, 6) is 0.832. The zero-order valence-corrected chi connectivity index (χ0v) is 11.6. The van der Waals surface area contributed by atoms with Crippen molar-refractivity contribution in [2.75, 3.05) is 11.9 Å². The Hall–Kier alpha value is -2.29. The molecular formula is C17H19NO2.